The number of aryl methyl sites for hydroxylation is 1. The number of fused-ring (bicyclic) bond motifs is 1. The van der Waals surface area contributed by atoms with Gasteiger partial charge in [-0.25, -0.2) is 9.37 Å². The maximum atomic E-state index is 14.8. The Morgan fingerprint density at radius 1 is 1.36 bits per heavy atom. The van der Waals surface area contributed by atoms with Gasteiger partial charge in [0, 0.05) is 29.1 Å². The number of nitrogens with one attached hydrogen (secondary N) is 3. The number of halogens is 2. The molecule has 3 aromatic heterocycles. The molecule has 3 heterocycles. The smallest absolute Gasteiger partial charge is 0.198 e. The second-order valence-corrected chi connectivity index (χ2v) is 5.83. The van der Waals surface area contributed by atoms with Gasteiger partial charge in [0.05, 0.1) is 24.5 Å². The Balaban J connectivity index is 2.08. The van der Waals surface area contributed by atoms with Gasteiger partial charge in [0.25, 0.3) is 0 Å². The lowest BCUT2D eigenvalue weighted by molar-refractivity contribution is 0.412. The van der Waals surface area contributed by atoms with Crippen molar-refractivity contribution in [1.29, 1.82) is 0 Å². The summed E-state index contributed by atoms with van der Waals surface area (Å²) in [6.45, 7) is 1.97. The minimum Gasteiger partial charge on any atom is -0.495 e. The fraction of sp³-hybridized carbons (Fsp3) is 0.188. The first-order valence-electron chi connectivity index (χ1n) is 7.62. The number of methoxy groups -OCH3 is 1. The summed E-state index contributed by atoms with van der Waals surface area (Å²) in [5.74, 6) is 0.853. The Bertz CT molecular complexity index is 1050. The average Bonchev–Trinajstić information content (AvgIpc) is 3.35. The Kier molecular flexibility index (Phi) is 3.69. The number of rotatable bonds is 4. The van der Waals surface area contributed by atoms with Crippen LogP contribution in [0.5, 0.6) is 5.75 Å². The van der Waals surface area contributed by atoms with Crippen molar-refractivity contribution in [2.45, 2.75) is 13.3 Å². The normalized spacial score (nSPS) is 11.4. The van der Waals surface area contributed by atoms with Gasteiger partial charge in [-0.15, -0.1) is 0 Å². The summed E-state index contributed by atoms with van der Waals surface area (Å²) < 4.78 is 19.9. The topological polar surface area (TPSA) is 95.3 Å². The summed E-state index contributed by atoms with van der Waals surface area (Å²) in [7, 11) is 1.44. The monoisotopic (exact) mass is 360 g/mol. The molecular weight excluding hydrogens is 347 g/mol. The highest BCUT2D eigenvalue weighted by atomic mass is 35.5. The fourth-order valence-electron chi connectivity index (χ4n) is 2.81. The van der Waals surface area contributed by atoms with E-state index in [2.05, 4.69) is 30.4 Å². The standard InChI is InChI=1S/C16H14ClFN6O/c1-3-10-21-16(24-23-10)15-11(7-5-19-20-6-7)8-4-9(25-2)12(17)13(18)14(8)22-15/h4-6,22H,3H2,1-2H3,(H,19,20)(H,21,23,24). The van der Waals surface area contributed by atoms with Gasteiger partial charge < -0.3 is 9.72 Å². The van der Waals surface area contributed by atoms with Crippen LogP contribution >= 0.6 is 11.6 Å². The number of aromatic amines is 3. The molecule has 4 rings (SSSR count). The molecule has 0 amide bonds. The summed E-state index contributed by atoms with van der Waals surface area (Å²) >= 11 is 6.06. The fourth-order valence-corrected chi connectivity index (χ4v) is 3.04. The molecule has 3 N–H and O–H groups in total. The maximum Gasteiger partial charge on any atom is 0.198 e. The van der Waals surface area contributed by atoms with E-state index in [1.807, 2.05) is 6.92 Å². The molecule has 0 saturated carbocycles. The first-order valence-corrected chi connectivity index (χ1v) is 8.00. The van der Waals surface area contributed by atoms with Gasteiger partial charge in [0.15, 0.2) is 11.6 Å². The average molecular weight is 361 g/mol. The third kappa shape index (κ3) is 2.37. The molecule has 0 radical (unpaired) electrons. The highest BCUT2D eigenvalue weighted by Crippen LogP contribution is 2.42. The lowest BCUT2D eigenvalue weighted by Crippen LogP contribution is -1.88. The lowest BCUT2D eigenvalue weighted by atomic mass is 10.0. The van der Waals surface area contributed by atoms with Crippen LogP contribution in [0.3, 0.4) is 0 Å². The molecule has 0 aliphatic rings. The molecule has 4 aromatic rings. The molecular formula is C16H14ClFN6O. The van der Waals surface area contributed by atoms with Gasteiger partial charge in [-0.1, -0.05) is 18.5 Å². The predicted molar refractivity (Wildman–Crippen MR) is 92.2 cm³/mol. The van der Waals surface area contributed by atoms with E-state index in [9.17, 15) is 4.39 Å². The summed E-state index contributed by atoms with van der Waals surface area (Å²) in [4.78, 5) is 7.51. The van der Waals surface area contributed by atoms with Gasteiger partial charge in [0.2, 0.25) is 0 Å². The summed E-state index contributed by atoms with van der Waals surface area (Å²) in [5, 5.41) is 14.4. The quantitative estimate of drug-likeness (QED) is 0.517. The van der Waals surface area contributed by atoms with Crippen LogP contribution in [0.15, 0.2) is 18.5 Å². The third-order valence-electron chi connectivity index (χ3n) is 4.04. The van der Waals surface area contributed by atoms with E-state index in [-0.39, 0.29) is 16.3 Å². The van der Waals surface area contributed by atoms with Gasteiger partial charge in [0.1, 0.15) is 16.6 Å². The molecule has 7 nitrogen and oxygen atoms in total. The maximum absolute atomic E-state index is 14.8. The molecule has 25 heavy (non-hydrogen) atoms. The molecule has 0 aliphatic carbocycles. The van der Waals surface area contributed by atoms with Crippen molar-refractivity contribution in [3.63, 3.8) is 0 Å². The highest BCUT2D eigenvalue weighted by Gasteiger charge is 2.23. The molecule has 1 aromatic carbocycles. The highest BCUT2D eigenvalue weighted by molar-refractivity contribution is 6.33. The second-order valence-electron chi connectivity index (χ2n) is 5.45. The first kappa shape index (κ1) is 15.6. The number of nitrogens with zero attached hydrogens (tertiary/aromatic N) is 3. The Morgan fingerprint density at radius 3 is 2.84 bits per heavy atom. The van der Waals surface area contributed by atoms with E-state index in [1.165, 1.54) is 7.11 Å². The Hall–Kier alpha value is -2.87. The van der Waals surface area contributed by atoms with Crippen LogP contribution in [0.4, 0.5) is 4.39 Å². The van der Waals surface area contributed by atoms with Crippen molar-refractivity contribution < 1.29 is 9.13 Å². The SMILES string of the molecule is CCc1nc(-c2[nH]c3c(F)c(Cl)c(OC)cc3c2-c2cn[nH]c2)n[nH]1. The summed E-state index contributed by atoms with van der Waals surface area (Å²) in [6, 6.07) is 1.69. The van der Waals surface area contributed by atoms with Crippen LogP contribution in [0, 0.1) is 5.82 Å². The Morgan fingerprint density at radius 2 is 2.20 bits per heavy atom. The summed E-state index contributed by atoms with van der Waals surface area (Å²) in [5.41, 5.74) is 2.34. The molecule has 9 heteroatoms. The molecule has 0 fully saturated rings. The van der Waals surface area contributed by atoms with E-state index in [0.29, 0.717) is 23.3 Å². The van der Waals surface area contributed by atoms with Crippen molar-refractivity contribution in [1.82, 2.24) is 30.4 Å². The number of hydrogen-bond acceptors (Lipinski definition) is 4. The molecule has 0 aliphatic heterocycles. The number of ether oxygens (including phenoxy) is 1. The third-order valence-corrected chi connectivity index (χ3v) is 4.39. The zero-order chi connectivity index (χ0) is 17.6. The first-order chi connectivity index (χ1) is 12.1. The number of hydrogen-bond donors (Lipinski definition) is 3. The minimum atomic E-state index is -0.585. The van der Waals surface area contributed by atoms with Crippen molar-refractivity contribution >= 4 is 22.5 Å². The lowest BCUT2D eigenvalue weighted by Gasteiger charge is -2.05. The van der Waals surface area contributed by atoms with E-state index < -0.39 is 5.82 Å². The van der Waals surface area contributed by atoms with Crippen molar-refractivity contribution in [3.8, 4) is 28.4 Å². The predicted octanol–water partition coefficient (Wildman–Crippen LogP) is 3.71. The zero-order valence-corrected chi connectivity index (χ0v) is 14.2. The van der Waals surface area contributed by atoms with E-state index in [4.69, 9.17) is 16.3 Å². The van der Waals surface area contributed by atoms with Crippen LogP contribution in [-0.4, -0.2) is 37.5 Å². The number of aromatic nitrogens is 6. The van der Waals surface area contributed by atoms with Gasteiger partial charge in [-0.2, -0.15) is 10.2 Å². The van der Waals surface area contributed by atoms with Crippen LogP contribution in [0.25, 0.3) is 33.5 Å². The van der Waals surface area contributed by atoms with Crippen LogP contribution in [0.2, 0.25) is 5.02 Å². The molecule has 0 unspecified atom stereocenters. The van der Waals surface area contributed by atoms with Crippen LogP contribution < -0.4 is 4.74 Å². The largest absolute Gasteiger partial charge is 0.495 e. The van der Waals surface area contributed by atoms with Crippen LogP contribution in [-0.2, 0) is 6.42 Å². The van der Waals surface area contributed by atoms with Gasteiger partial charge in [-0.3, -0.25) is 10.2 Å². The van der Waals surface area contributed by atoms with Gasteiger partial charge in [-0.05, 0) is 6.07 Å². The number of benzene rings is 1. The molecule has 0 atom stereocenters. The van der Waals surface area contributed by atoms with E-state index in [0.717, 1.165) is 17.0 Å². The molecule has 0 saturated heterocycles. The Labute approximate surface area is 146 Å². The molecule has 0 bridgehead atoms. The second kappa shape index (κ2) is 5.89. The van der Waals surface area contributed by atoms with Crippen LogP contribution in [0.1, 0.15) is 12.7 Å². The van der Waals surface area contributed by atoms with Gasteiger partial charge >= 0.3 is 0 Å². The van der Waals surface area contributed by atoms with Crippen molar-refractivity contribution in [2.24, 2.45) is 0 Å². The number of H-pyrrole nitrogens is 3. The van der Waals surface area contributed by atoms with E-state index in [1.54, 1.807) is 18.5 Å². The minimum absolute atomic E-state index is 0.0780. The molecule has 128 valence electrons. The zero-order valence-electron chi connectivity index (χ0n) is 13.4. The van der Waals surface area contributed by atoms with Crippen molar-refractivity contribution in [2.75, 3.05) is 7.11 Å². The van der Waals surface area contributed by atoms with Crippen molar-refractivity contribution in [3.05, 3.63) is 35.1 Å². The molecule has 0 spiro atoms. The summed E-state index contributed by atoms with van der Waals surface area (Å²) in [6.07, 6.45) is 4.08. The van der Waals surface area contributed by atoms with E-state index >= 15 is 0 Å².